The van der Waals surface area contributed by atoms with E-state index in [4.69, 9.17) is 0 Å². The van der Waals surface area contributed by atoms with Crippen molar-refractivity contribution in [2.75, 3.05) is 7.05 Å². The summed E-state index contributed by atoms with van der Waals surface area (Å²) in [5, 5.41) is 0. The Hall–Kier alpha value is -1.86. The smallest absolute Gasteiger partial charge is 0.0236 e. The minimum atomic E-state index is 0.140. The maximum Gasteiger partial charge on any atom is 0.0236 e. The standard InChI is InChI=1S/C20H25N/c1-20(2,16-10-15-18-11-6-4-7-12-18)21(3)17-19-13-8-5-9-14-19/h4-15H,16-17H2,1-3H3/b15-10+. The van der Waals surface area contributed by atoms with Gasteiger partial charge in [-0.05, 0) is 38.4 Å². The molecule has 1 nitrogen and oxygen atoms in total. The van der Waals surface area contributed by atoms with Crippen molar-refractivity contribution in [1.29, 1.82) is 0 Å². The summed E-state index contributed by atoms with van der Waals surface area (Å²) in [5.74, 6) is 0. The highest BCUT2D eigenvalue weighted by molar-refractivity contribution is 5.48. The molecule has 110 valence electrons. The van der Waals surface area contributed by atoms with E-state index < -0.39 is 0 Å². The van der Waals surface area contributed by atoms with Crippen LogP contribution in [0.5, 0.6) is 0 Å². The molecule has 0 N–H and O–H groups in total. The van der Waals surface area contributed by atoms with Gasteiger partial charge in [-0.2, -0.15) is 0 Å². The number of rotatable bonds is 6. The van der Waals surface area contributed by atoms with E-state index in [2.05, 4.69) is 98.6 Å². The van der Waals surface area contributed by atoms with Crippen molar-refractivity contribution >= 4 is 6.08 Å². The quantitative estimate of drug-likeness (QED) is 0.719. The second-order valence-electron chi connectivity index (χ2n) is 6.17. The summed E-state index contributed by atoms with van der Waals surface area (Å²) >= 11 is 0. The lowest BCUT2D eigenvalue weighted by atomic mass is 9.97. The molecule has 0 heterocycles. The molecule has 21 heavy (non-hydrogen) atoms. The van der Waals surface area contributed by atoms with E-state index in [0.29, 0.717) is 0 Å². The molecular weight excluding hydrogens is 254 g/mol. The summed E-state index contributed by atoms with van der Waals surface area (Å²) in [7, 11) is 2.20. The fourth-order valence-corrected chi connectivity index (χ4v) is 2.27. The summed E-state index contributed by atoms with van der Waals surface area (Å²) in [5.41, 5.74) is 2.76. The lowest BCUT2D eigenvalue weighted by Crippen LogP contribution is -2.40. The van der Waals surface area contributed by atoms with E-state index in [1.165, 1.54) is 11.1 Å². The van der Waals surface area contributed by atoms with Gasteiger partial charge in [-0.3, -0.25) is 4.90 Å². The van der Waals surface area contributed by atoms with E-state index in [1.54, 1.807) is 0 Å². The molecule has 0 bridgehead atoms. The Kier molecular flexibility index (Phi) is 5.35. The summed E-state index contributed by atoms with van der Waals surface area (Å²) < 4.78 is 0. The molecule has 0 aliphatic carbocycles. The van der Waals surface area contributed by atoms with Crippen molar-refractivity contribution in [1.82, 2.24) is 4.90 Å². The first kappa shape index (κ1) is 15.5. The number of hydrogen-bond acceptors (Lipinski definition) is 1. The Balaban J connectivity index is 1.93. The predicted molar refractivity (Wildman–Crippen MR) is 92.1 cm³/mol. The van der Waals surface area contributed by atoms with Gasteiger partial charge in [-0.15, -0.1) is 0 Å². The van der Waals surface area contributed by atoms with Crippen LogP contribution < -0.4 is 0 Å². The normalized spacial score (nSPS) is 12.2. The van der Waals surface area contributed by atoms with Crippen LogP contribution in [0.15, 0.2) is 66.7 Å². The zero-order valence-electron chi connectivity index (χ0n) is 13.3. The molecule has 0 atom stereocenters. The van der Waals surface area contributed by atoms with Crippen molar-refractivity contribution < 1.29 is 0 Å². The maximum atomic E-state index is 2.41. The fraction of sp³-hybridized carbons (Fsp3) is 0.300. The molecule has 0 aliphatic rings. The highest BCUT2D eigenvalue weighted by atomic mass is 15.2. The largest absolute Gasteiger partial charge is 0.297 e. The van der Waals surface area contributed by atoms with Crippen LogP contribution in [0, 0.1) is 0 Å². The molecule has 0 amide bonds. The average Bonchev–Trinajstić information content (AvgIpc) is 2.49. The fourth-order valence-electron chi connectivity index (χ4n) is 2.27. The van der Waals surface area contributed by atoms with E-state index >= 15 is 0 Å². The molecule has 0 unspecified atom stereocenters. The van der Waals surface area contributed by atoms with Crippen LogP contribution in [0.1, 0.15) is 31.4 Å². The van der Waals surface area contributed by atoms with Crippen molar-refractivity contribution in [3.63, 3.8) is 0 Å². The number of benzene rings is 2. The van der Waals surface area contributed by atoms with Crippen LogP contribution >= 0.6 is 0 Å². The lowest BCUT2D eigenvalue weighted by molar-refractivity contribution is 0.150. The molecule has 0 fully saturated rings. The van der Waals surface area contributed by atoms with Crippen LogP contribution in [0.4, 0.5) is 0 Å². The van der Waals surface area contributed by atoms with Gasteiger partial charge in [-0.1, -0.05) is 72.8 Å². The molecule has 2 aromatic carbocycles. The number of nitrogens with zero attached hydrogens (tertiary/aromatic N) is 1. The van der Waals surface area contributed by atoms with Gasteiger partial charge in [0.1, 0.15) is 0 Å². The zero-order chi connectivity index (χ0) is 15.1. The Morgan fingerprint density at radius 2 is 1.48 bits per heavy atom. The Morgan fingerprint density at radius 1 is 0.905 bits per heavy atom. The average molecular weight is 279 g/mol. The monoisotopic (exact) mass is 279 g/mol. The SMILES string of the molecule is CN(Cc1ccccc1)C(C)(C)C/C=C/c1ccccc1. The third-order valence-electron chi connectivity index (χ3n) is 4.02. The van der Waals surface area contributed by atoms with Gasteiger partial charge < -0.3 is 0 Å². The maximum absolute atomic E-state index is 2.41. The summed E-state index contributed by atoms with van der Waals surface area (Å²) in [6.45, 7) is 5.57. The van der Waals surface area contributed by atoms with E-state index in [-0.39, 0.29) is 5.54 Å². The molecule has 2 aromatic rings. The first-order chi connectivity index (χ1) is 10.1. The molecule has 0 radical (unpaired) electrons. The van der Waals surface area contributed by atoms with Gasteiger partial charge in [0.2, 0.25) is 0 Å². The first-order valence-electron chi connectivity index (χ1n) is 7.55. The van der Waals surface area contributed by atoms with Crippen molar-refractivity contribution in [2.45, 2.75) is 32.4 Å². The highest BCUT2D eigenvalue weighted by Crippen LogP contribution is 2.21. The van der Waals surface area contributed by atoms with Crippen LogP contribution in [0.25, 0.3) is 6.08 Å². The Morgan fingerprint density at radius 3 is 2.10 bits per heavy atom. The van der Waals surface area contributed by atoms with Crippen LogP contribution in [-0.2, 0) is 6.54 Å². The Labute approximate surface area is 128 Å². The second-order valence-corrected chi connectivity index (χ2v) is 6.17. The highest BCUT2D eigenvalue weighted by Gasteiger charge is 2.21. The van der Waals surface area contributed by atoms with Crippen LogP contribution in [-0.4, -0.2) is 17.5 Å². The van der Waals surface area contributed by atoms with Crippen molar-refractivity contribution in [3.05, 3.63) is 77.9 Å². The third-order valence-corrected chi connectivity index (χ3v) is 4.02. The molecule has 2 rings (SSSR count). The van der Waals surface area contributed by atoms with Gasteiger partial charge in [-0.25, -0.2) is 0 Å². The molecular formula is C20H25N. The van der Waals surface area contributed by atoms with Crippen LogP contribution in [0.3, 0.4) is 0 Å². The molecule has 1 heteroatoms. The van der Waals surface area contributed by atoms with Gasteiger partial charge in [0.05, 0.1) is 0 Å². The van der Waals surface area contributed by atoms with Gasteiger partial charge in [0.25, 0.3) is 0 Å². The van der Waals surface area contributed by atoms with E-state index in [0.717, 1.165) is 13.0 Å². The minimum absolute atomic E-state index is 0.140. The number of hydrogen-bond donors (Lipinski definition) is 0. The lowest BCUT2D eigenvalue weighted by Gasteiger charge is -2.35. The molecule has 0 saturated heterocycles. The van der Waals surface area contributed by atoms with Gasteiger partial charge in [0.15, 0.2) is 0 Å². The zero-order valence-corrected chi connectivity index (χ0v) is 13.3. The summed E-state index contributed by atoms with van der Waals surface area (Å²) in [4.78, 5) is 2.41. The topological polar surface area (TPSA) is 3.24 Å². The Bertz CT molecular complexity index is 555. The predicted octanol–water partition coefficient (Wildman–Crippen LogP) is 5.00. The molecule has 0 saturated carbocycles. The summed E-state index contributed by atoms with van der Waals surface area (Å²) in [6.07, 6.45) is 5.51. The first-order valence-corrected chi connectivity index (χ1v) is 7.55. The minimum Gasteiger partial charge on any atom is -0.297 e. The molecule has 0 aliphatic heterocycles. The van der Waals surface area contributed by atoms with E-state index in [9.17, 15) is 0 Å². The van der Waals surface area contributed by atoms with Crippen molar-refractivity contribution in [3.8, 4) is 0 Å². The summed E-state index contributed by atoms with van der Waals surface area (Å²) in [6, 6.07) is 21.1. The van der Waals surface area contributed by atoms with Gasteiger partial charge in [0, 0.05) is 12.1 Å². The molecule has 0 aromatic heterocycles. The van der Waals surface area contributed by atoms with Crippen LogP contribution in [0.2, 0.25) is 0 Å². The third kappa shape index (κ3) is 4.87. The molecule has 0 spiro atoms. The second kappa shape index (κ2) is 7.24. The van der Waals surface area contributed by atoms with Crippen molar-refractivity contribution in [2.24, 2.45) is 0 Å². The van der Waals surface area contributed by atoms with Gasteiger partial charge >= 0.3 is 0 Å². The van der Waals surface area contributed by atoms with E-state index in [1.807, 2.05) is 0 Å².